The number of hydrogen-bond acceptors (Lipinski definition) is 5. The summed E-state index contributed by atoms with van der Waals surface area (Å²) in [6.07, 6.45) is 1.60. The number of esters is 1. The summed E-state index contributed by atoms with van der Waals surface area (Å²) in [6.45, 7) is 1.96. The number of ether oxygens (including phenoxy) is 2. The lowest BCUT2D eigenvalue weighted by Crippen LogP contribution is -2.11. The van der Waals surface area contributed by atoms with Crippen LogP contribution in [0.15, 0.2) is 48.5 Å². The van der Waals surface area contributed by atoms with Crippen molar-refractivity contribution in [2.24, 2.45) is 0 Å². The first-order valence-electron chi connectivity index (χ1n) is 9.92. The molecule has 0 saturated carbocycles. The van der Waals surface area contributed by atoms with Crippen LogP contribution in [0.3, 0.4) is 0 Å². The summed E-state index contributed by atoms with van der Waals surface area (Å²) < 4.78 is 37.4. The molecule has 1 N–H and O–H groups in total. The molecule has 0 spiro atoms. The van der Waals surface area contributed by atoms with Crippen molar-refractivity contribution in [3.63, 3.8) is 0 Å². The lowest BCUT2D eigenvalue weighted by molar-refractivity contribution is 0.0729. The summed E-state index contributed by atoms with van der Waals surface area (Å²) in [5.41, 5.74) is 3.14. The van der Waals surface area contributed by atoms with E-state index in [1.165, 1.54) is 13.2 Å². The highest BCUT2D eigenvalue weighted by atomic mass is 35.5. The minimum absolute atomic E-state index is 0.0307. The van der Waals surface area contributed by atoms with Gasteiger partial charge in [0, 0.05) is 0 Å². The number of carbonyl (C=O) groups is 1. The van der Waals surface area contributed by atoms with Crippen LogP contribution in [-0.2, 0) is 0 Å². The maximum absolute atomic E-state index is 13.5. The number of aryl methyl sites for hydroxylation is 1. The van der Waals surface area contributed by atoms with E-state index in [4.69, 9.17) is 21.1 Å². The normalized spacial score (nSPS) is 11.4. The lowest BCUT2D eigenvalue weighted by Gasteiger charge is -2.11. The standard InChI is InChI=1S/C25H16ClF2N3O3/c1-13-3-5-20-21(7-13)31-24(30-20)15(12-29)8-14-4-6-22(23(9-14)33-2)34-25(32)16-10-18(27)19(28)11-17(16)26/h3-11H,1-2H3,(H,30,31). The van der Waals surface area contributed by atoms with Gasteiger partial charge in [0.1, 0.15) is 11.9 Å². The minimum Gasteiger partial charge on any atom is -0.493 e. The number of H-pyrrole nitrogens is 1. The SMILES string of the molecule is COc1cc(C=C(C#N)c2nc3ccc(C)cc3[nH]2)ccc1OC(=O)c1cc(F)c(F)cc1Cl. The average Bonchev–Trinajstić information content (AvgIpc) is 3.23. The number of aromatic amines is 1. The number of nitriles is 1. The molecule has 0 saturated heterocycles. The van der Waals surface area contributed by atoms with E-state index in [0.717, 1.165) is 16.6 Å². The van der Waals surface area contributed by atoms with E-state index in [9.17, 15) is 18.8 Å². The molecule has 0 aliphatic carbocycles. The van der Waals surface area contributed by atoms with Crippen LogP contribution in [0, 0.1) is 29.9 Å². The second-order valence-corrected chi connectivity index (χ2v) is 7.73. The van der Waals surface area contributed by atoms with Crippen molar-refractivity contribution in [2.45, 2.75) is 6.92 Å². The first-order valence-corrected chi connectivity index (χ1v) is 10.3. The van der Waals surface area contributed by atoms with Gasteiger partial charge in [-0.2, -0.15) is 5.26 Å². The van der Waals surface area contributed by atoms with Crippen molar-refractivity contribution < 1.29 is 23.0 Å². The Balaban J connectivity index is 1.63. The van der Waals surface area contributed by atoms with E-state index in [2.05, 4.69) is 16.0 Å². The number of hydrogen-bond donors (Lipinski definition) is 1. The van der Waals surface area contributed by atoms with Gasteiger partial charge in [0.05, 0.1) is 34.3 Å². The fourth-order valence-electron chi connectivity index (χ4n) is 3.26. The monoisotopic (exact) mass is 479 g/mol. The van der Waals surface area contributed by atoms with E-state index in [1.807, 2.05) is 25.1 Å². The largest absolute Gasteiger partial charge is 0.493 e. The van der Waals surface area contributed by atoms with Crippen LogP contribution in [0.25, 0.3) is 22.7 Å². The lowest BCUT2D eigenvalue weighted by atomic mass is 10.1. The Hall–Kier alpha value is -4.22. The molecule has 4 aromatic rings. The predicted octanol–water partition coefficient (Wildman–Crippen LogP) is 6.09. The molecule has 0 atom stereocenters. The molecule has 0 unspecified atom stereocenters. The number of rotatable bonds is 5. The fraction of sp³-hybridized carbons (Fsp3) is 0.0800. The number of nitrogens with one attached hydrogen (secondary N) is 1. The zero-order valence-corrected chi connectivity index (χ0v) is 18.7. The third-order valence-corrected chi connectivity index (χ3v) is 5.26. The number of nitrogens with zero attached hydrogens (tertiary/aromatic N) is 2. The van der Waals surface area contributed by atoms with Crippen LogP contribution in [0.2, 0.25) is 5.02 Å². The Kier molecular flexibility index (Phi) is 6.30. The average molecular weight is 480 g/mol. The third kappa shape index (κ3) is 4.60. The Morgan fingerprint density at radius 1 is 1.12 bits per heavy atom. The molecule has 0 aliphatic rings. The van der Waals surface area contributed by atoms with Crippen molar-refractivity contribution in [2.75, 3.05) is 7.11 Å². The highest BCUT2D eigenvalue weighted by Gasteiger charge is 2.19. The third-order valence-electron chi connectivity index (χ3n) is 4.94. The topological polar surface area (TPSA) is 88.0 Å². The van der Waals surface area contributed by atoms with Gasteiger partial charge in [-0.25, -0.2) is 18.6 Å². The van der Waals surface area contributed by atoms with Gasteiger partial charge in [0.15, 0.2) is 23.1 Å². The van der Waals surface area contributed by atoms with Crippen molar-refractivity contribution in [3.05, 3.63) is 87.7 Å². The molecule has 0 fully saturated rings. The highest BCUT2D eigenvalue weighted by molar-refractivity contribution is 6.33. The summed E-state index contributed by atoms with van der Waals surface area (Å²) in [5, 5.41) is 9.38. The number of aromatic nitrogens is 2. The minimum atomic E-state index is -1.23. The molecular weight excluding hydrogens is 464 g/mol. The van der Waals surface area contributed by atoms with Crippen LogP contribution in [0.1, 0.15) is 27.3 Å². The summed E-state index contributed by atoms with van der Waals surface area (Å²) in [4.78, 5) is 20.0. The van der Waals surface area contributed by atoms with E-state index >= 15 is 0 Å². The molecule has 170 valence electrons. The number of benzene rings is 3. The first-order chi connectivity index (χ1) is 16.3. The van der Waals surface area contributed by atoms with E-state index in [0.29, 0.717) is 23.5 Å². The van der Waals surface area contributed by atoms with Crippen molar-refractivity contribution >= 4 is 40.3 Å². The molecule has 9 heteroatoms. The van der Waals surface area contributed by atoms with Gasteiger partial charge in [0.2, 0.25) is 0 Å². The molecule has 6 nitrogen and oxygen atoms in total. The maximum Gasteiger partial charge on any atom is 0.345 e. The highest BCUT2D eigenvalue weighted by Crippen LogP contribution is 2.31. The van der Waals surface area contributed by atoms with Gasteiger partial charge in [-0.15, -0.1) is 0 Å². The summed E-state index contributed by atoms with van der Waals surface area (Å²) in [5.74, 6) is -2.77. The molecule has 1 aromatic heterocycles. The first kappa shape index (κ1) is 23.0. The summed E-state index contributed by atoms with van der Waals surface area (Å²) in [7, 11) is 1.37. The van der Waals surface area contributed by atoms with Crippen LogP contribution in [-0.4, -0.2) is 23.0 Å². The summed E-state index contributed by atoms with van der Waals surface area (Å²) >= 11 is 5.84. The summed E-state index contributed by atoms with van der Waals surface area (Å²) in [6, 6.07) is 13.8. The Morgan fingerprint density at radius 3 is 2.62 bits per heavy atom. The Bertz CT molecular complexity index is 1510. The molecule has 0 amide bonds. The second kappa shape index (κ2) is 9.33. The zero-order valence-electron chi connectivity index (χ0n) is 17.9. The second-order valence-electron chi connectivity index (χ2n) is 7.32. The zero-order chi connectivity index (χ0) is 24.4. The molecule has 0 aliphatic heterocycles. The molecule has 4 rings (SSSR count). The van der Waals surface area contributed by atoms with Crippen molar-refractivity contribution in [1.82, 2.24) is 9.97 Å². The molecule has 34 heavy (non-hydrogen) atoms. The van der Waals surface area contributed by atoms with E-state index < -0.39 is 17.6 Å². The molecule has 3 aromatic carbocycles. The van der Waals surface area contributed by atoms with Gasteiger partial charge in [-0.3, -0.25) is 0 Å². The van der Waals surface area contributed by atoms with Gasteiger partial charge in [-0.05, 0) is 60.5 Å². The van der Waals surface area contributed by atoms with Crippen molar-refractivity contribution in [3.8, 4) is 17.6 Å². The number of carbonyl (C=O) groups excluding carboxylic acids is 1. The van der Waals surface area contributed by atoms with Gasteiger partial charge >= 0.3 is 5.97 Å². The molecule has 0 bridgehead atoms. The number of halogens is 3. The van der Waals surface area contributed by atoms with Crippen LogP contribution in [0.5, 0.6) is 11.5 Å². The van der Waals surface area contributed by atoms with E-state index in [1.54, 1.807) is 18.2 Å². The smallest absolute Gasteiger partial charge is 0.345 e. The maximum atomic E-state index is 13.5. The van der Waals surface area contributed by atoms with Crippen molar-refractivity contribution in [1.29, 1.82) is 5.26 Å². The van der Waals surface area contributed by atoms with Gasteiger partial charge in [0.25, 0.3) is 0 Å². The van der Waals surface area contributed by atoms with E-state index in [-0.39, 0.29) is 27.7 Å². The molecule has 0 radical (unpaired) electrons. The number of imidazole rings is 1. The van der Waals surface area contributed by atoms with Crippen LogP contribution >= 0.6 is 11.6 Å². The Labute approximate surface area is 198 Å². The number of fused-ring (bicyclic) bond motifs is 1. The van der Waals surface area contributed by atoms with Crippen LogP contribution < -0.4 is 9.47 Å². The molecular formula is C25H16ClF2N3O3. The predicted molar refractivity (Wildman–Crippen MR) is 124 cm³/mol. The molecule has 1 heterocycles. The number of allylic oxidation sites excluding steroid dienone is 1. The fourth-order valence-corrected chi connectivity index (χ4v) is 3.49. The van der Waals surface area contributed by atoms with Crippen LogP contribution in [0.4, 0.5) is 8.78 Å². The van der Waals surface area contributed by atoms with Gasteiger partial charge in [-0.1, -0.05) is 23.7 Å². The van der Waals surface area contributed by atoms with Gasteiger partial charge < -0.3 is 14.5 Å². The Morgan fingerprint density at radius 2 is 1.88 bits per heavy atom. The quantitative estimate of drug-likeness (QED) is 0.162. The number of methoxy groups -OCH3 is 1.